The summed E-state index contributed by atoms with van der Waals surface area (Å²) < 4.78 is 6.50. The van der Waals surface area contributed by atoms with Crippen molar-refractivity contribution in [1.82, 2.24) is 10.2 Å². The molecule has 0 saturated carbocycles. The molecule has 0 bridgehead atoms. The number of hydrogen-bond donors (Lipinski definition) is 2. The van der Waals surface area contributed by atoms with Gasteiger partial charge in [-0.2, -0.15) is 0 Å². The summed E-state index contributed by atoms with van der Waals surface area (Å²) in [5, 5.41) is 5.54. The number of amides is 3. The van der Waals surface area contributed by atoms with Crippen molar-refractivity contribution in [2.75, 3.05) is 11.9 Å². The second-order valence-corrected chi connectivity index (χ2v) is 10.4. The molecule has 2 aliphatic heterocycles. The van der Waals surface area contributed by atoms with Crippen LogP contribution in [0.5, 0.6) is 0 Å². The lowest BCUT2D eigenvalue weighted by Gasteiger charge is -2.29. The third-order valence-electron chi connectivity index (χ3n) is 5.55. The van der Waals surface area contributed by atoms with Crippen molar-refractivity contribution in [3.05, 3.63) is 68.9 Å². The fourth-order valence-corrected chi connectivity index (χ4v) is 4.54. The van der Waals surface area contributed by atoms with E-state index < -0.39 is 11.5 Å². The summed E-state index contributed by atoms with van der Waals surface area (Å²) in [6, 6.07) is 13.2. The van der Waals surface area contributed by atoms with E-state index in [9.17, 15) is 14.4 Å². The van der Waals surface area contributed by atoms with Crippen LogP contribution in [-0.4, -0.2) is 35.0 Å². The van der Waals surface area contributed by atoms with Crippen LogP contribution in [0.4, 0.5) is 10.5 Å². The molecule has 1 saturated heterocycles. The van der Waals surface area contributed by atoms with Gasteiger partial charge in [-0.15, -0.1) is 0 Å². The van der Waals surface area contributed by atoms with E-state index in [1.807, 2.05) is 57.2 Å². The van der Waals surface area contributed by atoms with Gasteiger partial charge in [0.25, 0.3) is 11.8 Å². The van der Waals surface area contributed by atoms with Crippen LogP contribution in [0, 0.1) is 3.57 Å². The van der Waals surface area contributed by atoms with Gasteiger partial charge in [0, 0.05) is 33.1 Å². The maximum Gasteiger partial charge on any atom is 0.410 e. The van der Waals surface area contributed by atoms with Gasteiger partial charge in [0.05, 0.1) is 11.6 Å². The summed E-state index contributed by atoms with van der Waals surface area (Å²) in [7, 11) is 0. The minimum absolute atomic E-state index is 0.0173. The highest BCUT2D eigenvalue weighted by molar-refractivity contribution is 14.1. The lowest BCUT2D eigenvalue weighted by atomic mass is 9.95. The maximum absolute atomic E-state index is 12.6. The van der Waals surface area contributed by atoms with Crippen molar-refractivity contribution in [2.45, 2.75) is 45.3 Å². The average Bonchev–Trinajstić information content (AvgIpc) is 3.23. The molecule has 3 amide bonds. The van der Waals surface area contributed by atoms with Crippen molar-refractivity contribution in [1.29, 1.82) is 0 Å². The number of rotatable bonds is 3. The summed E-state index contributed by atoms with van der Waals surface area (Å²) >= 11 is 2.16. The molecule has 0 aromatic heterocycles. The average molecular weight is 559 g/mol. The summed E-state index contributed by atoms with van der Waals surface area (Å²) in [5.74, 6) is -0.823. The number of hydrogen-bond acceptors (Lipinski definition) is 5. The van der Waals surface area contributed by atoms with Gasteiger partial charge in [-0.05, 0) is 92.1 Å². The van der Waals surface area contributed by atoms with Gasteiger partial charge >= 0.3 is 6.09 Å². The first-order chi connectivity index (χ1) is 15.6. The first kappa shape index (κ1) is 23.3. The Morgan fingerprint density at radius 1 is 1.12 bits per heavy atom. The maximum atomic E-state index is 12.6. The Morgan fingerprint density at radius 2 is 1.85 bits per heavy atom. The van der Waals surface area contributed by atoms with Crippen LogP contribution < -0.4 is 10.6 Å². The molecule has 2 heterocycles. The van der Waals surface area contributed by atoms with Crippen LogP contribution in [0.1, 0.15) is 61.1 Å². The molecule has 172 valence electrons. The van der Waals surface area contributed by atoms with Crippen LogP contribution in [0.2, 0.25) is 0 Å². The molecule has 1 unspecified atom stereocenters. The molecule has 2 aliphatic rings. The Kier molecular flexibility index (Phi) is 6.47. The molecule has 0 spiro atoms. The summed E-state index contributed by atoms with van der Waals surface area (Å²) in [6.45, 7) is 6.28. The van der Waals surface area contributed by atoms with Gasteiger partial charge in [-0.1, -0.05) is 12.1 Å². The fourth-order valence-electron chi connectivity index (χ4n) is 4.05. The zero-order valence-electron chi connectivity index (χ0n) is 18.8. The molecular formula is C25H26IN3O4. The van der Waals surface area contributed by atoms with Gasteiger partial charge in [-0.3, -0.25) is 14.9 Å². The van der Waals surface area contributed by atoms with E-state index in [0.717, 1.165) is 27.7 Å². The number of fused-ring (bicyclic) bond motifs is 1. The normalized spacial score (nSPS) is 19.3. The third-order valence-corrected chi connectivity index (χ3v) is 6.22. The number of imide groups is 1. The second kappa shape index (κ2) is 9.17. The summed E-state index contributed by atoms with van der Waals surface area (Å²) in [5.41, 5.74) is 2.79. The molecule has 4 rings (SSSR count). The molecule has 1 fully saturated rings. The molecule has 8 heteroatoms. The number of nitrogens with one attached hydrogen (secondary N) is 2. The van der Waals surface area contributed by atoms with Gasteiger partial charge in [-0.25, -0.2) is 4.79 Å². The minimum atomic E-state index is -0.530. The number of benzene rings is 2. The SMILES string of the molecule is CC(C)(C)OC(=O)N1CCCC1c1ccc(N/C=C2\C(=O)NC(=O)c3ccc(I)cc32)cc1. The molecule has 2 aromatic rings. The standard InChI is InChI=1S/C25H26IN3O4/c1-25(2,3)33-24(32)29-12-4-5-21(29)15-6-9-17(10-7-15)27-14-20-19-13-16(26)8-11-18(19)22(30)28-23(20)31/h6-11,13-14,21,27H,4-5,12H2,1-3H3,(H,28,30,31)/b20-14-. The van der Waals surface area contributed by atoms with Gasteiger partial charge in [0.1, 0.15) is 5.60 Å². The number of nitrogens with zero attached hydrogens (tertiary/aromatic N) is 1. The van der Waals surface area contributed by atoms with Crippen LogP contribution in [-0.2, 0) is 9.53 Å². The molecule has 1 atom stereocenters. The van der Waals surface area contributed by atoms with E-state index in [1.165, 1.54) is 0 Å². The van der Waals surface area contributed by atoms with E-state index in [2.05, 4.69) is 33.2 Å². The van der Waals surface area contributed by atoms with E-state index in [4.69, 9.17) is 4.74 Å². The predicted octanol–water partition coefficient (Wildman–Crippen LogP) is 5.09. The molecule has 2 aromatic carbocycles. The van der Waals surface area contributed by atoms with Crippen LogP contribution >= 0.6 is 22.6 Å². The Labute approximate surface area is 206 Å². The first-order valence-corrected chi connectivity index (χ1v) is 11.9. The third kappa shape index (κ3) is 5.21. The van der Waals surface area contributed by atoms with E-state index >= 15 is 0 Å². The molecule has 2 N–H and O–H groups in total. The number of carbonyl (C=O) groups excluding carboxylic acids is 3. The van der Waals surface area contributed by atoms with Crippen molar-refractivity contribution >= 4 is 51.8 Å². The molecule has 7 nitrogen and oxygen atoms in total. The van der Waals surface area contributed by atoms with E-state index in [-0.39, 0.29) is 18.0 Å². The quantitative estimate of drug-likeness (QED) is 0.311. The zero-order valence-corrected chi connectivity index (χ0v) is 20.9. The summed E-state index contributed by atoms with van der Waals surface area (Å²) in [6.07, 6.45) is 3.15. The number of ether oxygens (including phenoxy) is 1. The minimum Gasteiger partial charge on any atom is -0.444 e. The van der Waals surface area contributed by atoms with Crippen LogP contribution in [0.3, 0.4) is 0 Å². The van der Waals surface area contributed by atoms with Crippen molar-refractivity contribution in [3.8, 4) is 0 Å². The molecular weight excluding hydrogens is 533 g/mol. The monoisotopic (exact) mass is 559 g/mol. The predicted molar refractivity (Wildman–Crippen MR) is 135 cm³/mol. The largest absolute Gasteiger partial charge is 0.444 e. The summed E-state index contributed by atoms with van der Waals surface area (Å²) in [4.78, 5) is 38.9. The molecule has 33 heavy (non-hydrogen) atoms. The number of halogens is 1. The zero-order chi connectivity index (χ0) is 23.8. The Hall–Kier alpha value is -2.88. The van der Waals surface area contributed by atoms with Crippen molar-refractivity contribution < 1.29 is 19.1 Å². The fraction of sp³-hybridized carbons (Fsp3) is 0.320. The lowest BCUT2D eigenvalue weighted by molar-refractivity contribution is -0.114. The highest BCUT2D eigenvalue weighted by atomic mass is 127. The Morgan fingerprint density at radius 3 is 2.55 bits per heavy atom. The number of carbonyl (C=O) groups is 3. The first-order valence-electron chi connectivity index (χ1n) is 10.8. The Balaban J connectivity index is 1.51. The molecule has 0 radical (unpaired) electrons. The van der Waals surface area contributed by atoms with Gasteiger partial charge < -0.3 is 15.0 Å². The van der Waals surface area contributed by atoms with E-state index in [1.54, 1.807) is 17.2 Å². The highest BCUT2D eigenvalue weighted by Crippen LogP contribution is 2.34. The van der Waals surface area contributed by atoms with Gasteiger partial charge in [0.15, 0.2) is 0 Å². The Bertz CT molecular complexity index is 1140. The van der Waals surface area contributed by atoms with E-state index in [0.29, 0.717) is 23.2 Å². The van der Waals surface area contributed by atoms with Crippen LogP contribution in [0.25, 0.3) is 5.57 Å². The number of likely N-dealkylation sites (tertiary alicyclic amines) is 1. The smallest absolute Gasteiger partial charge is 0.410 e. The van der Waals surface area contributed by atoms with Crippen LogP contribution in [0.15, 0.2) is 48.7 Å². The van der Waals surface area contributed by atoms with Crippen molar-refractivity contribution in [3.63, 3.8) is 0 Å². The van der Waals surface area contributed by atoms with Gasteiger partial charge in [0.2, 0.25) is 0 Å². The topological polar surface area (TPSA) is 87.7 Å². The lowest BCUT2D eigenvalue weighted by Crippen LogP contribution is -2.36. The molecule has 0 aliphatic carbocycles. The van der Waals surface area contributed by atoms with Crippen molar-refractivity contribution in [2.24, 2.45) is 0 Å². The highest BCUT2D eigenvalue weighted by Gasteiger charge is 2.33. The number of anilines is 1. The second-order valence-electron chi connectivity index (χ2n) is 9.13.